The van der Waals surface area contributed by atoms with E-state index in [0.29, 0.717) is 0 Å². The largest absolute Gasteiger partial charge is 0.0961 e. The van der Waals surface area contributed by atoms with Crippen LogP contribution < -0.4 is 0 Å². The van der Waals surface area contributed by atoms with Crippen molar-refractivity contribution >= 4 is 0 Å². The fourth-order valence-corrected chi connectivity index (χ4v) is 2.45. The molecular weight excluding hydrogens is 312 g/mol. The van der Waals surface area contributed by atoms with E-state index in [9.17, 15) is 0 Å². The van der Waals surface area contributed by atoms with Gasteiger partial charge in [0.05, 0.1) is 0 Å². The Morgan fingerprint density at radius 1 is 0.846 bits per heavy atom. The molecule has 0 saturated carbocycles. The van der Waals surface area contributed by atoms with Crippen molar-refractivity contribution in [3.8, 4) is 0 Å². The maximum atomic E-state index is 4.23. The van der Waals surface area contributed by atoms with Gasteiger partial charge in [0.15, 0.2) is 0 Å². The molecule has 0 fully saturated rings. The van der Waals surface area contributed by atoms with E-state index in [0.717, 1.165) is 11.1 Å². The Hall–Kier alpha value is -1.30. The first-order valence-electron chi connectivity index (χ1n) is 10.1. The van der Waals surface area contributed by atoms with Crippen LogP contribution in [0.15, 0.2) is 58.7 Å². The molecule has 0 bridgehead atoms. The van der Waals surface area contributed by atoms with Crippen LogP contribution in [0.1, 0.15) is 104 Å². The summed E-state index contributed by atoms with van der Waals surface area (Å²) in [6, 6.07) is 0. The summed E-state index contributed by atoms with van der Waals surface area (Å²) in [6.45, 7) is 37.2. The molecule has 0 atom stereocenters. The van der Waals surface area contributed by atoms with Crippen LogP contribution in [0, 0.1) is 5.41 Å². The Balaban J connectivity index is -0.000000144. The molecule has 0 unspecified atom stereocenters. The Kier molecular flexibility index (Phi) is 27.5. The molecule has 0 amide bonds. The summed E-state index contributed by atoms with van der Waals surface area (Å²) in [5, 5.41) is 0. The van der Waals surface area contributed by atoms with Crippen molar-refractivity contribution in [2.24, 2.45) is 5.41 Å². The summed E-state index contributed by atoms with van der Waals surface area (Å²) in [4.78, 5) is 0. The summed E-state index contributed by atoms with van der Waals surface area (Å²) in [6.07, 6.45) is 4.44. The third-order valence-electron chi connectivity index (χ3n) is 3.35. The van der Waals surface area contributed by atoms with E-state index in [1.807, 2.05) is 62.3 Å². The van der Waals surface area contributed by atoms with Gasteiger partial charge < -0.3 is 0 Å². The minimum atomic E-state index is 0. The molecule has 0 N–H and O–H groups in total. The van der Waals surface area contributed by atoms with E-state index in [2.05, 4.69) is 59.9 Å². The van der Waals surface area contributed by atoms with Gasteiger partial charge in [0.25, 0.3) is 0 Å². The highest BCUT2D eigenvalue weighted by molar-refractivity contribution is 5.63. The normalized spacial score (nSPS) is 14.7. The molecule has 0 saturated heterocycles. The summed E-state index contributed by atoms with van der Waals surface area (Å²) in [5.74, 6) is 0. The van der Waals surface area contributed by atoms with Crippen molar-refractivity contribution in [2.45, 2.75) is 104 Å². The standard InChI is InChI=1S/C17H24.4C2H6.CH4/c1-11(2)9-15-13(5)14(6)16(10-12(3)4)17(15,7)8;4*1-2;/h9-10H,1,5H2,2-4,6-8H3;4*1-2H3;1H4/b15-9+;;;;;. The molecular formula is C26H52. The van der Waals surface area contributed by atoms with Gasteiger partial charge in [0.2, 0.25) is 0 Å². The second-order valence-corrected chi connectivity index (χ2v) is 5.77. The van der Waals surface area contributed by atoms with E-state index in [1.54, 1.807) is 0 Å². The maximum Gasteiger partial charge on any atom is 0.0155 e. The molecule has 0 heteroatoms. The van der Waals surface area contributed by atoms with Crippen LogP contribution in [0.3, 0.4) is 0 Å². The average Bonchev–Trinajstić information content (AvgIpc) is 2.76. The zero-order valence-electron chi connectivity index (χ0n) is 20.1. The first-order chi connectivity index (χ1) is 11.7. The van der Waals surface area contributed by atoms with Gasteiger partial charge in [-0.2, -0.15) is 0 Å². The van der Waals surface area contributed by atoms with Crippen LogP contribution >= 0.6 is 0 Å². The van der Waals surface area contributed by atoms with Crippen LogP contribution in [-0.4, -0.2) is 0 Å². The van der Waals surface area contributed by atoms with Crippen molar-refractivity contribution < 1.29 is 0 Å². The molecule has 0 nitrogen and oxygen atoms in total. The molecule has 1 rings (SSSR count). The van der Waals surface area contributed by atoms with Gasteiger partial charge in [0, 0.05) is 5.41 Å². The third kappa shape index (κ3) is 11.3. The Bertz CT molecular complexity index is 458. The van der Waals surface area contributed by atoms with Gasteiger partial charge in [-0.05, 0) is 50.0 Å². The topological polar surface area (TPSA) is 0 Å². The van der Waals surface area contributed by atoms with Crippen LogP contribution in [0.4, 0.5) is 0 Å². The lowest BCUT2D eigenvalue weighted by Crippen LogP contribution is -2.12. The van der Waals surface area contributed by atoms with E-state index >= 15 is 0 Å². The predicted octanol–water partition coefficient (Wildman–Crippen LogP) is 10.1. The first kappa shape index (κ1) is 35.7. The van der Waals surface area contributed by atoms with Gasteiger partial charge >= 0.3 is 0 Å². The second kappa shape index (κ2) is 20.0. The zero-order chi connectivity index (χ0) is 21.4. The van der Waals surface area contributed by atoms with Gasteiger partial charge in [0.1, 0.15) is 0 Å². The van der Waals surface area contributed by atoms with E-state index in [4.69, 9.17) is 0 Å². The second-order valence-electron chi connectivity index (χ2n) is 5.77. The fraction of sp³-hybridized carbons (Fsp3) is 0.615. The molecule has 1 aliphatic carbocycles. The molecule has 0 aromatic carbocycles. The summed E-state index contributed by atoms with van der Waals surface area (Å²) in [5.41, 5.74) is 7.61. The number of hydrogen-bond acceptors (Lipinski definition) is 0. The highest BCUT2D eigenvalue weighted by Gasteiger charge is 2.36. The molecule has 0 heterocycles. The average molecular weight is 365 g/mol. The van der Waals surface area contributed by atoms with Crippen LogP contribution in [0.25, 0.3) is 0 Å². The van der Waals surface area contributed by atoms with E-state index in [1.165, 1.54) is 22.3 Å². The van der Waals surface area contributed by atoms with E-state index < -0.39 is 0 Å². The lowest BCUT2D eigenvalue weighted by Gasteiger charge is -2.24. The van der Waals surface area contributed by atoms with Gasteiger partial charge in [-0.1, -0.05) is 113 Å². The summed E-state index contributed by atoms with van der Waals surface area (Å²) < 4.78 is 0. The number of allylic oxidation sites excluding steroid dienone is 8. The fourth-order valence-electron chi connectivity index (χ4n) is 2.45. The third-order valence-corrected chi connectivity index (χ3v) is 3.35. The van der Waals surface area contributed by atoms with Crippen molar-refractivity contribution in [3.05, 3.63) is 58.7 Å². The molecule has 26 heavy (non-hydrogen) atoms. The lowest BCUT2D eigenvalue weighted by molar-refractivity contribution is 0.577. The highest BCUT2D eigenvalue weighted by Crippen LogP contribution is 2.50. The lowest BCUT2D eigenvalue weighted by atomic mass is 9.79. The van der Waals surface area contributed by atoms with Crippen molar-refractivity contribution in [1.29, 1.82) is 0 Å². The van der Waals surface area contributed by atoms with Crippen LogP contribution in [-0.2, 0) is 0 Å². The summed E-state index contributed by atoms with van der Waals surface area (Å²) >= 11 is 0. The number of hydrogen-bond donors (Lipinski definition) is 0. The summed E-state index contributed by atoms with van der Waals surface area (Å²) in [7, 11) is 0. The monoisotopic (exact) mass is 364 g/mol. The predicted molar refractivity (Wildman–Crippen MR) is 130 cm³/mol. The molecule has 156 valence electrons. The molecule has 0 radical (unpaired) electrons. The van der Waals surface area contributed by atoms with Gasteiger partial charge in [-0.25, -0.2) is 0 Å². The van der Waals surface area contributed by atoms with Crippen LogP contribution in [0.5, 0.6) is 0 Å². The van der Waals surface area contributed by atoms with E-state index in [-0.39, 0.29) is 12.8 Å². The molecule has 0 aliphatic heterocycles. The number of rotatable bonds is 2. The molecule has 0 spiro atoms. The Morgan fingerprint density at radius 2 is 1.19 bits per heavy atom. The van der Waals surface area contributed by atoms with Crippen LogP contribution in [0.2, 0.25) is 0 Å². The maximum absolute atomic E-state index is 4.23. The smallest absolute Gasteiger partial charge is 0.0155 e. The zero-order valence-corrected chi connectivity index (χ0v) is 20.1. The van der Waals surface area contributed by atoms with Crippen molar-refractivity contribution in [1.82, 2.24) is 0 Å². The Labute approximate surface area is 168 Å². The Morgan fingerprint density at radius 3 is 1.46 bits per heavy atom. The quantitative estimate of drug-likeness (QED) is 0.457. The van der Waals surface area contributed by atoms with Crippen molar-refractivity contribution in [3.63, 3.8) is 0 Å². The first-order valence-corrected chi connectivity index (χ1v) is 10.1. The van der Waals surface area contributed by atoms with Gasteiger partial charge in [-0.3, -0.25) is 0 Å². The van der Waals surface area contributed by atoms with Gasteiger partial charge in [-0.15, -0.1) is 0 Å². The minimum Gasteiger partial charge on any atom is -0.0961 e. The molecule has 0 aromatic heterocycles. The highest BCUT2D eigenvalue weighted by atomic mass is 14.4. The molecule has 0 aromatic rings. The molecule has 1 aliphatic rings. The van der Waals surface area contributed by atoms with Crippen molar-refractivity contribution in [2.75, 3.05) is 0 Å². The SMILES string of the molecule is C.C=C(C)/C=C1\C(=C)C(C)=C(C=C(C)C)C1(C)C.CC.CC.CC.CC. The minimum absolute atomic E-state index is 0.